The third-order valence-corrected chi connectivity index (χ3v) is 4.83. The average molecular weight is 288 g/mol. The number of fused-ring (bicyclic) bond motifs is 3. The van der Waals surface area contributed by atoms with E-state index >= 15 is 0 Å². The zero-order chi connectivity index (χ0) is 17.9. The van der Waals surface area contributed by atoms with Crippen LogP contribution in [0.25, 0.3) is 10.9 Å². The largest absolute Gasteiger partial charge is 0.459 e. The number of nitrogens with zero attached hydrogens (tertiary/aromatic N) is 1. The second-order valence-electron chi connectivity index (χ2n) is 5.98. The Morgan fingerprint density at radius 2 is 2.14 bits per heavy atom. The molecule has 4 nitrogen and oxygen atoms in total. The number of benzene rings is 1. The molecule has 0 radical (unpaired) electrons. The van der Waals surface area contributed by atoms with Crippen LogP contribution in [0.5, 0.6) is 0 Å². The molecular weight excluding hydrogens is 264 g/mol. The predicted molar refractivity (Wildman–Crippen MR) is 81.3 cm³/mol. The van der Waals surface area contributed by atoms with E-state index in [2.05, 4.69) is 16.9 Å². The Hall–Kier alpha value is -1.81. The smallest absolute Gasteiger partial charge is 0.340 e. The highest BCUT2D eigenvalue weighted by Gasteiger charge is 2.40. The van der Waals surface area contributed by atoms with Crippen LogP contribution in [0, 0.1) is 0 Å². The molecule has 3 atom stereocenters. The van der Waals surface area contributed by atoms with Gasteiger partial charge in [-0.25, -0.2) is 4.79 Å². The summed E-state index contributed by atoms with van der Waals surface area (Å²) in [7, 11) is 2.11. The van der Waals surface area contributed by atoms with Gasteiger partial charge in [0.05, 0.1) is 11.0 Å². The third kappa shape index (κ3) is 2.14. The molecule has 2 aliphatic heterocycles. The molecule has 2 fully saturated rings. The number of hydrogen-bond donors (Lipinski definition) is 1. The van der Waals surface area contributed by atoms with E-state index < -0.39 is 5.97 Å². The fourth-order valence-corrected chi connectivity index (χ4v) is 3.65. The maximum Gasteiger partial charge on any atom is 0.340 e. The molecule has 0 aliphatic carbocycles. The van der Waals surface area contributed by atoms with Crippen molar-refractivity contribution >= 4 is 16.9 Å². The lowest BCUT2D eigenvalue weighted by Gasteiger charge is -2.35. The maximum atomic E-state index is 12.7. The molecule has 110 valence electrons. The summed E-state index contributed by atoms with van der Waals surface area (Å²) in [5.74, 6) is -0.615. The van der Waals surface area contributed by atoms with Crippen LogP contribution >= 0.6 is 0 Å². The van der Waals surface area contributed by atoms with Crippen molar-refractivity contribution in [3.8, 4) is 0 Å². The Morgan fingerprint density at radius 1 is 1.38 bits per heavy atom. The summed E-state index contributed by atoms with van der Waals surface area (Å²) in [6.07, 6.45) is 3.49. The molecule has 0 amide bonds. The van der Waals surface area contributed by atoms with Crippen molar-refractivity contribution < 1.29 is 15.0 Å². The molecule has 1 unspecified atom stereocenters. The van der Waals surface area contributed by atoms with Crippen molar-refractivity contribution in [1.82, 2.24) is 9.88 Å². The third-order valence-electron chi connectivity index (χ3n) is 4.83. The van der Waals surface area contributed by atoms with Gasteiger partial charge in [-0.15, -0.1) is 0 Å². The molecule has 1 aromatic carbocycles. The van der Waals surface area contributed by atoms with Crippen molar-refractivity contribution in [3.05, 3.63) is 35.9 Å². The second-order valence-corrected chi connectivity index (χ2v) is 5.98. The average Bonchev–Trinajstić information content (AvgIpc) is 2.98. The highest BCUT2D eigenvalue weighted by molar-refractivity contribution is 6.04. The Labute approximate surface area is 129 Å². The summed E-state index contributed by atoms with van der Waals surface area (Å²) in [4.78, 5) is 17.7. The molecule has 1 aromatic heterocycles. The second kappa shape index (κ2) is 4.88. The van der Waals surface area contributed by atoms with Crippen LogP contribution in [0.1, 0.15) is 41.5 Å². The van der Waals surface area contributed by atoms with Gasteiger partial charge in [0.15, 0.2) is 0 Å². The normalized spacial score (nSPS) is 31.6. The number of rotatable bonds is 2. The van der Waals surface area contributed by atoms with E-state index in [1.54, 1.807) is 0 Å². The minimum absolute atomic E-state index is 0.000208. The lowest BCUT2D eigenvalue weighted by Crippen LogP contribution is -2.43. The molecular formula is C17H20N2O2. The first-order valence-corrected chi connectivity index (χ1v) is 7.38. The Morgan fingerprint density at radius 3 is 2.90 bits per heavy atom. The van der Waals surface area contributed by atoms with E-state index in [4.69, 9.17) is 10.2 Å². The summed E-state index contributed by atoms with van der Waals surface area (Å²) in [6, 6.07) is 1.84. The minimum Gasteiger partial charge on any atom is -0.459 e. The van der Waals surface area contributed by atoms with Crippen LogP contribution in [-0.4, -0.2) is 41.1 Å². The van der Waals surface area contributed by atoms with Crippen molar-refractivity contribution in [3.63, 3.8) is 0 Å². The number of ether oxygens (including phenoxy) is 1. The van der Waals surface area contributed by atoms with Gasteiger partial charge in [-0.2, -0.15) is 0 Å². The molecule has 4 heteroatoms. The summed E-state index contributed by atoms with van der Waals surface area (Å²) in [6.45, 7) is 0. The molecule has 2 saturated heterocycles. The van der Waals surface area contributed by atoms with Crippen molar-refractivity contribution in [2.24, 2.45) is 0 Å². The number of H-pyrrole nitrogens is 1. The van der Waals surface area contributed by atoms with E-state index in [1.807, 2.05) is 0 Å². The van der Waals surface area contributed by atoms with Crippen molar-refractivity contribution in [2.75, 3.05) is 7.05 Å². The quantitative estimate of drug-likeness (QED) is 0.864. The van der Waals surface area contributed by atoms with Crippen LogP contribution in [0.2, 0.25) is 0 Å². The van der Waals surface area contributed by atoms with Gasteiger partial charge in [0.25, 0.3) is 0 Å². The molecule has 0 saturated carbocycles. The lowest BCUT2D eigenvalue weighted by atomic mass is 10.0. The van der Waals surface area contributed by atoms with E-state index in [1.165, 1.54) is 6.07 Å². The Balaban J connectivity index is 1.65. The standard InChI is InChI=1S/C17H20N2O2/c1-19-11-6-7-12(19)9-13(8-11)21-17(20)15-10-18-16-5-3-2-4-14(15)16/h2-5,10-13,18H,6-9H2,1H3/t11-,12+,13?/i3D,4D,5D,10D. The summed E-state index contributed by atoms with van der Waals surface area (Å²) >= 11 is 0. The maximum absolute atomic E-state index is 12.7. The van der Waals surface area contributed by atoms with Gasteiger partial charge in [0.2, 0.25) is 0 Å². The van der Waals surface area contributed by atoms with Crippen LogP contribution in [-0.2, 0) is 4.74 Å². The highest BCUT2D eigenvalue weighted by atomic mass is 16.5. The first kappa shape index (κ1) is 9.26. The lowest BCUT2D eigenvalue weighted by molar-refractivity contribution is -0.000258. The molecule has 0 spiro atoms. The Bertz CT molecular complexity index is 852. The predicted octanol–water partition coefficient (Wildman–Crippen LogP) is 2.95. The van der Waals surface area contributed by atoms with E-state index in [-0.39, 0.29) is 46.9 Å². The fourth-order valence-electron chi connectivity index (χ4n) is 3.65. The highest BCUT2D eigenvalue weighted by Crippen LogP contribution is 2.35. The number of piperidine rings is 1. The molecule has 3 heterocycles. The first-order chi connectivity index (χ1) is 11.9. The number of nitrogens with one attached hydrogen (secondary N) is 1. The van der Waals surface area contributed by atoms with E-state index in [0.717, 1.165) is 25.7 Å². The molecule has 1 N–H and O–H groups in total. The van der Waals surface area contributed by atoms with E-state index in [0.29, 0.717) is 12.1 Å². The number of aromatic nitrogens is 1. The van der Waals surface area contributed by atoms with Crippen LogP contribution in [0.15, 0.2) is 30.4 Å². The van der Waals surface area contributed by atoms with Gasteiger partial charge < -0.3 is 14.6 Å². The topological polar surface area (TPSA) is 45.3 Å². The van der Waals surface area contributed by atoms with Gasteiger partial charge >= 0.3 is 5.97 Å². The summed E-state index contributed by atoms with van der Waals surface area (Å²) in [5, 5.41) is 0.201. The zero-order valence-electron chi connectivity index (χ0n) is 15.9. The summed E-state index contributed by atoms with van der Waals surface area (Å²) < 4.78 is 37.4. The van der Waals surface area contributed by atoms with Gasteiger partial charge in [-0.1, -0.05) is 18.2 Å². The number of carbonyl (C=O) groups is 1. The van der Waals surface area contributed by atoms with Gasteiger partial charge in [-0.3, -0.25) is 0 Å². The fraction of sp³-hybridized carbons (Fsp3) is 0.471. The monoisotopic (exact) mass is 288 g/mol. The minimum atomic E-state index is -0.615. The first-order valence-electron chi connectivity index (χ1n) is 9.38. The van der Waals surface area contributed by atoms with Gasteiger partial charge in [0.1, 0.15) is 6.10 Å². The molecule has 2 aliphatic rings. The van der Waals surface area contributed by atoms with Crippen LogP contribution in [0.4, 0.5) is 0 Å². The number of aromatic amines is 1. The number of hydrogen-bond acceptors (Lipinski definition) is 3. The Kier molecular flexibility index (Phi) is 2.15. The molecule has 21 heavy (non-hydrogen) atoms. The van der Waals surface area contributed by atoms with Crippen LogP contribution in [0.3, 0.4) is 0 Å². The SMILES string of the molecule is [2H]c1cc([2H])c2c(C(=O)OC3C[C@H]4CC[C@@H](C3)N4C)c([2H])[nH]c2c1[2H]. The van der Waals surface area contributed by atoms with Crippen molar-refractivity contribution in [2.45, 2.75) is 43.9 Å². The van der Waals surface area contributed by atoms with Gasteiger partial charge in [0, 0.05) is 42.0 Å². The van der Waals surface area contributed by atoms with Crippen molar-refractivity contribution in [1.29, 1.82) is 0 Å². The molecule has 2 bridgehead atoms. The number of esters is 1. The van der Waals surface area contributed by atoms with Gasteiger partial charge in [-0.05, 0) is 25.9 Å². The number of para-hydroxylation sites is 1. The zero-order valence-corrected chi connectivity index (χ0v) is 11.9. The number of carbonyl (C=O) groups excluding carboxylic acids is 1. The van der Waals surface area contributed by atoms with Crippen LogP contribution < -0.4 is 0 Å². The van der Waals surface area contributed by atoms with E-state index in [9.17, 15) is 4.79 Å². The summed E-state index contributed by atoms with van der Waals surface area (Å²) in [5.41, 5.74) is 0.178. The molecule has 2 aromatic rings. The molecule has 4 rings (SSSR count).